The van der Waals surface area contributed by atoms with Crippen molar-refractivity contribution in [1.82, 2.24) is 0 Å². The summed E-state index contributed by atoms with van der Waals surface area (Å²) >= 11 is 13.9. The highest BCUT2D eigenvalue weighted by Gasteiger charge is 2.14. The minimum absolute atomic E-state index is 0.0943. The van der Waals surface area contributed by atoms with E-state index < -0.39 is 5.91 Å². The molecule has 2 rings (SSSR count). The van der Waals surface area contributed by atoms with Crippen LogP contribution in [0.5, 0.6) is 11.5 Å². The molecule has 0 radical (unpaired) electrons. The van der Waals surface area contributed by atoms with Crippen LogP contribution >= 0.6 is 45.8 Å². The van der Waals surface area contributed by atoms with Gasteiger partial charge in [-0.05, 0) is 64.6 Å². The number of benzene rings is 2. The summed E-state index contributed by atoms with van der Waals surface area (Å²) < 4.78 is 11.5. The van der Waals surface area contributed by atoms with Crippen LogP contribution in [0.15, 0.2) is 35.9 Å². The number of nitriles is 1. The van der Waals surface area contributed by atoms with E-state index >= 15 is 0 Å². The van der Waals surface area contributed by atoms with E-state index in [0.717, 1.165) is 3.57 Å². The topological polar surface area (TPSA) is 71.3 Å². The number of ether oxygens (including phenoxy) is 2. The lowest BCUT2D eigenvalue weighted by atomic mass is 10.1. The van der Waals surface area contributed by atoms with E-state index in [1.807, 2.05) is 6.07 Å². The second-order valence-corrected chi connectivity index (χ2v) is 7.26. The van der Waals surface area contributed by atoms with Gasteiger partial charge in [-0.25, -0.2) is 0 Å². The number of rotatable bonds is 6. The predicted molar refractivity (Wildman–Crippen MR) is 119 cm³/mol. The molecular formula is C20H13Cl2IN2O3. The van der Waals surface area contributed by atoms with Crippen LogP contribution in [-0.2, 0) is 4.79 Å². The number of methoxy groups -OCH3 is 1. The van der Waals surface area contributed by atoms with E-state index in [1.54, 1.807) is 24.3 Å². The fourth-order valence-corrected chi connectivity index (χ4v) is 3.24. The van der Waals surface area contributed by atoms with E-state index in [-0.39, 0.29) is 12.2 Å². The molecule has 0 atom stereocenters. The number of hydrogen-bond donors (Lipinski definition) is 1. The molecule has 0 bridgehead atoms. The number of carbonyl (C=O) groups excluding carboxylic acids is 1. The fourth-order valence-electron chi connectivity index (χ4n) is 2.16. The number of terminal acetylenes is 1. The zero-order chi connectivity index (χ0) is 20.7. The van der Waals surface area contributed by atoms with Gasteiger partial charge in [0.05, 0.1) is 20.7 Å². The number of hydrogen-bond acceptors (Lipinski definition) is 4. The Balaban J connectivity index is 2.31. The molecule has 0 aromatic heterocycles. The van der Waals surface area contributed by atoms with Crippen molar-refractivity contribution in [3.63, 3.8) is 0 Å². The third-order valence-corrected chi connectivity index (χ3v) is 4.95. The first-order valence-electron chi connectivity index (χ1n) is 7.71. The summed E-state index contributed by atoms with van der Waals surface area (Å²) in [6.45, 7) is 0.0943. The van der Waals surface area contributed by atoms with Crippen LogP contribution in [0.2, 0.25) is 10.0 Å². The average molecular weight is 527 g/mol. The molecule has 0 heterocycles. The molecule has 0 saturated carbocycles. The van der Waals surface area contributed by atoms with Crippen molar-refractivity contribution in [3.05, 3.63) is 55.1 Å². The largest absolute Gasteiger partial charge is 0.493 e. The van der Waals surface area contributed by atoms with Crippen molar-refractivity contribution in [1.29, 1.82) is 5.26 Å². The summed E-state index contributed by atoms with van der Waals surface area (Å²) in [5, 5.41) is 12.7. The molecule has 0 unspecified atom stereocenters. The van der Waals surface area contributed by atoms with Crippen LogP contribution in [0, 0.1) is 27.2 Å². The molecule has 28 heavy (non-hydrogen) atoms. The van der Waals surface area contributed by atoms with Gasteiger partial charge in [-0.3, -0.25) is 4.79 Å². The molecular weight excluding hydrogens is 514 g/mol. The van der Waals surface area contributed by atoms with Crippen molar-refractivity contribution < 1.29 is 14.3 Å². The van der Waals surface area contributed by atoms with Crippen molar-refractivity contribution in [3.8, 4) is 29.9 Å². The molecule has 8 heteroatoms. The number of anilines is 1. The quantitative estimate of drug-likeness (QED) is 0.244. The second-order valence-electron chi connectivity index (χ2n) is 5.28. The normalized spacial score (nSPS) is 10.6. The first-order valence-corrected chi connectivity index (χ1v) is 9.55. The maximum atomic E-state index is 12.4. The van der Waals surface area contributed by atoms with Crippen molar-refractivity contribution in [2.24, 2.45) is 0 Å². The summed E-state index contributed by atoms with van der Waals surface area (Å²) in [7, 11) is 1.49. The summed E-state index contributed by atoms with van der Waals surface area (Å²) in [5.74, 6) is 2.75. The Morgan fingerprint density at radius 2 is 2.07 bits per heavy atom. The van der Waals surface area contributed by atoms with Gasteiger partial charge in [0.1, 0.15) is 18.2 Å². The monoisotopic (exact) mass is 526 g/mol. The Hall–Kier alpha value is -2.39. The van der Waals surface area contributed by atoms with Crippen molar-refractivity contribution >= 4 is 63.5 Å². The van der Waals surface area contributed by atoms with Gasteiger partial charge in [0.25, 0.3) is 5.91 Å². The Kier molecular flexibility index (Phi) is 8.01. The highest BCUT2D eigenvalue weighted by atomic mass is 127. The first-order chi connectivity index (χ1) is 13.4. The molecule has 142 valence electrons. The first kappa shape index (κ1) is 21.9. The molecule has 1 N–H and O–H groups in total. The molecule has 2 aromatic rings. The Morgan fingerprint density at radius 1 is 1.32 bits per heavy atom. The summed E-state index contributed by atoms with van der Waals surface area (Å²) in [6.07, 6.45) is 6.67. The zero-order valence-electron chi connectivity index (χ0n) is 14.6. The van der Waals surface area contributed by atoms with Gasteiger partial charge in [-0.1, -0.05) is 29.1 Å². The molecule has 2 aromatic carbocycles. The van der Waals surface area contributed by atoms with Gasteiger partial charge in [-0.2, -0.15) is 5.26 Å². The minimum atomic E-state index is -0.581. The Morgan fingerprint density at radius 3 is 2.68 bits per heavy atom. The lowest BCUT2D eigenvalue weighted by Crippen LogP contribution is -2.13. The Labute approximate surface area is 186 Å². The number of nitrogens with one attached hydrogen (secondary N) is 1. The summed E-state index contributed by atoms with van der Waals surface area (Å²) in [5.41, 5.74) is 0.919. The third-order valence-electron chi connectivity index (χ3n) is 3.41. The second kappa shape index (κ2) is 10.2. The smallest absolute Gasteiger partial charge is 0.266 e. The van der Waals surface area contributed by atoms with Crippen LogP contribution in [0.4, 0.5) is 5.69 Å². The number of carbonyl (C=O) groups is 1. The van der Waals surface area contributed by atoms with E-state index in [9.17, 15) is 10.1 Å². The lowest BCUT2D eigenvalue weighted by Gasteiger charge is -2.12. The standard InChI is InChI=1S/C20H13Cl2IN2O3/c1-3-6-28-19-17(23)8-12(9-18(19)27-2)7-13(11-24)20(26)25-14-4-5-15(21)16(22)10-14/h1,4-5,7-10H,6H2,2H3,(H,25,26)/b13-7+. The number of amides is 1. The van der Waals surface area contributed by atoms with Gasteiger partial charge < -0.3 is 14.8 Å². The average Bonchev–Trinajstić information content (AvgIpc) is 2.67. The van der Waals surface area contributed by atoms with Crippen LogP contribution < -0.4 is 14.8 Å². The molecule has 0 spiro atoms. The minimum Gasteiger partial charge on any atom is -0.493 e. The highest BCUT2D eigenvalue weighted by molar-refractivity contribution is 14.1. The number of halogens is 3. The third kappa shape index (κ3) is 5.56. The van der Waals surface area contributed by atoms with Crippen molar-refractivity contribution in [2.75, 3.05) is 19.0 Å². The van der Waals surface area contributed by atoms with E-state index in [0.29, 0.717) is 32.8 Å². The molecule has 0 fully saturated rings. The maximum absolute atomic E-state index is 12.4. The Bertz CT molecular complexity index is 1020. The van der Waals surface area contributed by atoms with Crippen LogP contribution in [0.3, 0.4) is 0 Å². The molecule has 5 nitrogen and oxygen atoms in total. The number of nitrogens with zero attached hydrogens (tertiary/aromatic N) is 1. The molecule has 0 aliphatic heterocycles. The molecule has 1 amide bonds. The van der Waals surface area contributed by atoms with E-state index in [4.69, 9.17) is 39.1 Å². The highest BCUT2D eigenvalue weighted by Crippen LogP contribution is 2.34. The van der Waals surface area contributed by atoms with E-state index in [1.165, 1.54) is 19.3 Å². The van der Waals surface area contributed by atoms with Gasteiger partial charge in [0.2, 0.25) is 0 Å². The van der Waals surface area contributed by atoms with Gasteiger partial charge in [0, 0.05) is 5.69 Å². The molecule has 0 aliphatic rings. The maximum Gasteiger partial charge on any atom is 0.266 e. The SMILES string of the molecule is C#CCOc1c(I)cc(/C=C(\C#N)C(=O)Nc2ccc(Cl)c(Cl)c2)cc1OC. The predicted octanol–water partition coefficient (Wildman–Crippen LogP) is 5.16. The van der Waals surface area contributed by atoms with Gasteiger partial charge in [0.15, 0.2) is 11.5 Å². The summed E-state index contributed by atoms with van der Waals surface area (Å²) in [6, 6.07) is 9.93. The molecule has 0 aliphatic carbocycles. The van der Waals surface area contributed by atoms with Crippen LogP contribution in [0.1, 0.15) is 5.56 Å². The van der Waals surface area contributed by atoms with Gasteiger partial charge in [-0.15, -0.1) is 6.42 Å². The summed E-state index contributed by atoms with van der Waals surface area (Å²) in [4.78, 5) is 12.4. The van der Waals surface area contributed by atoms with Gasteiger partial charge >= 0.3 is 0 Å². The van der Waals surface area contributed by atoms with Crippen LogP contribution in [-0.4, -0.2) is 19.6 Å². The lowest BCUT2D eigenvalue weighted by molar-refractivity contribution is -0.112. The van der Waals surface area contributed by atoms with Crippen LogP contribution in [0.25, 0.3) is 6.08 Å². The van der Waals surface area contributed by atoms with Crippen molar-refractivity contribution in [2.45, 2.75) is 0 Å². The van der Waals surface area contributed by atoms with E-state index in [2.05, 4.69) is 33.8 Å². The molecule has 0 saturated heterocycles. The fraction of sp³-hybridized carbons (Fsp3) is 0.100. The zero-order valence-corrected chi connectivity index (χ0v) is 18.2.